The first-order chi connectivity index (χ1) is 8.01. The highest BCUT2D eigenvalue weighted by Crippen LogP contribution is 2.35. The van der Waals surface area contributed by atoms with E-state index in [0.717, 1.165) is 11.8 Å². The summed E-state index contributed by atoms with van der Waals surface area (Å²) in [5, 5.41) is 0. The summed E-state index contributed by atoms with van der Waals surface area (Å²) in [5.41, 5.74) is 6.81. The molecule has 1 aliphatic heterocycles. The minimum absolute atomic E-state index is 0.196. The van der Waals surface area contributed by atoms with Gasteiger partial charge in [0.1, 0.15) is 0 Å². The first-order valence-corrected chi connectivity index (χ1v) is 7.52. The third-order valence-electron chi connectivity index (χ3n) is 5.31. The second-order valence-electron chi connectivity index (χ2n) is 6.89. The summed E-state index contributed by atoms with van der Waals surface area (Å²) < 4.78 is 0. The average Bonchev–Trinajstić information content (AvgIpc) is 2.83. The molecule has 0 aromatic rings. The first kappa shape index (κ1) is 13.4. The van der Waals surface area contributed by atoms with E-state index >= 15 is 0 Å². The van der Waals surface area contributed by atoms with Crippen LogP contribution in [0, 0.1) is 11.8 Å². The molecular formula is C15H30N2. The number of likely N-dealkylation sites (tertiary alicyclic amines) is 1. The Balaban J connectivity index is 1.95. The fourth-order valence-electron chi connectivity index (χ4n) is 3.73. The van der Waals surface area contributed by atoms with Crippen LogP contribution in [-0.2, 0) is 0 Å². The van der Waals surface area contributed by atoms with Crippen molar-refractivity contribution in [2.45, 2.75) is 70.9 Å². The summed E-state index contributed by atoms with van der Waals surface area (Å²) in [7, 11) is 0. The molecule has 100 valence electrons. The minimum atomic E-state index is 0.196. The molecule has 0 spiro atoms. The molecule has 1 unspecified atom stereocenters. The van der Waals surface area contributed by atoms with E-state index in [4.69, 9.17) is 5.73 Å². The maximum atomic E-state index is 6.61. The van der Waals surface area contributed by atoms with Crippen LogP contribution in [-0.4, -0.2) is 29.6 Å². The molecular weight excluding hydrogens is 208 g/mol. The van der Waals surface area contributed by atoms with Gasteiger partial charge >= 0.3 is 0 Å². The topological polar surface area (TPSA) is 29.3 Å². The van der Waals surface area contributed by atoms with E-state index in [0.29, 0.717) is 6.04 Å². The van der Waals surface area contributed by atoms with Gasteiger partial charge in [-0.1, -0.05) is 19.8 Å². The van der Waals surface area contributed by atoms with Crippen LogP contribution in [0.2, 0.25) is 0 Å². The standard InChI is InChI=1S/C15H30N2/c1-12-6-8-13(9-7-12)14(16)15(2,3)17-10-4-5-11-17/h12-14H,4-11,16H2,1-3H3. The molecule has 1 atom stereocenters. The summed E-state index contributed by atoms with van der Waals surface area (Å²) in [4.78, 5) is 2.62. The molecule has 2 aliphatic rings. The fraction of sp³-hybridized carbons (Fsp3) is 1.00. The fourth-order valence-corrected chi connectivity index (χ4v) is 3.73. The highest BCUT2D eigenvalue weighted by atomic mass is 15.2. The van der Waals surface area contributed by atoms with Crippen LogP contribution < -0.4 is 5.73 Å². The van der Waals surface area contributed by atoms with Gasteiger partial charge in [0.25, 0.3) is 0 Å². The molecule has 1 heterocycles. The van der Waals surface area contributed by atoms with Crippen molar-refractivity contribution in [1.29, 1.82) is 0 Å². The lowest BCUT2D eigenvalue weighted by molar-refractivity contribution is 0.0800. The Labute approximate surface area is 107 Å². The Hall–Kier alpha value is -0.0800. The summed E-state index contributed by atoms with van der Waals surface area (Å²) in [5.74, 6) is 1.68. The summed E-state index contributed by atoms with van der Waals surface area (Å²) in [6, 6.07) is 0.355. The van der Waals surface area contributed by atoms with Gasteiger partial charge in [0.05, 0.1) is 0 Å². The predicted octanol–water partition coefficient (Wildman–Crippen LogP) is 3.01. The van der Waals surface area contributed by atoms with Crippen LogP contribution in [0.15, 0.2) is 0 Å². The van der Waals surface area contributed by atoms with Crippen LogP contribution in [0.1, 0.15) is 59.3 Å². The summed E-state index contributed by atoms with van der Waals surface area (Å²) in [6.45, 7) is 9.61. The third-order valence-corrected chi connectivity index (χ3v) is 5.31. The van der Waals surface area contributed by atoms with Crippen molar-refractivity contribution in [3.8, 4) is 0 Å². The van der Waals surface area contributed by atoms with Gasteiger partial charge in [0.2, 0.25) is 0 Å². The molecule has 0 aromatic carbocycles. The van der Waals surface area contributed by atoms with Gasteiger partial charge in [0, 0.05) is 11.6 Å². The van der Waals surface area contributed by atoms with E-state index in [1.54, 1.807) is 0 Å². The Bertz CT molecular complexity index is 235. The van der Waals surface area contributed by atoms with Gasteiger partial charge in [-0.15, -0.1) is 0 Å². The quantitative estimate of drug-likeness (QED) is 0.819. The van der Waals surface area contributed by atoms with Crippen LogP contribution in [0.25, 0.3) is 0 Å². The smallest absolute Gasteiger partial charge is 0.0306 e. The zero-order valence-corrected chi connectivity index (χ0v) is 11.9. The van der Waals surface area contributed by atoms with Crippen LogP contribution >= 0.6 is 0 Å². The highest BCUT2D eigenvalue weighted by Gasteiger charge is 2.39. The molecule has 2 fully saturated rings. The van der Waals surface area contributed by atoms with Gasteiger partial charge in [-0.05, 0) is 64.5 Å². The average molecular weight is 238 g/mol. The Morgan fingerprint density at radius 3 is 2.12 bits per heavy atom. The molecule has 2 N–H and O–H groups in total. The lowest BCUT2D eigenvalue weighted by atomic mass is 9.73. The Morgan fingerprint density at radius 2 is 1.59 bits per heavy atom. The van der Waals surface area contributed by atoms with Gasteiger partial charge in [0.15, 0.2) is 0 Å². The van der Waals surface area contributed by atoms with Crippen molar-refractivity contribution in [3.05, 3.63) is 0 Å². The summed E-state index contributed by atoms with van der Waals surface area (Å²) >= 11 is 0. The number of hydrogen-bond donors (Lipinski definition) is 1. The molecule has 0 radical (unpaired) electrons. The second-order valence-corrected chi connectivity index (χ2v) is 6.89. The molecule has 2 rings (SSSR count). The zero-order chi connectivity index (χ0) is 12.5. The normalized spacial score (nSPS) is 33.9. The van der Waals surface area contributed by atoms with Gasteiger partial charge in [-0.2, -0.15) is 0 Å². The van der Waals surface area contributed by atoms with E-state index in [1.165, 1.54) is 51.6 Å². The monoisotopic (exact) mass is 238 g/mol. The van der Waals surface area contributed by atoms with E-state index in [1.807, 2.05) is 0 Å². The van der Waals surface area contributed by atoms with Crippen molar-refractivity contribution in [3.63, 3.8) is 0 Å². The molecule has 17 heavy (non-hydrogen) atoms. The molecule has 2 nitrogen and oxygen atoms in total. The molecule has 1 saturated heterocycles. The number of nitrogens with zero attached hydrogens (tertiary/aromatic N) is 1. The zero-order valence-electron chi connectivity index (χ0n) is 11.9. The number of rotatable bonds is 3. The van der Waals surface area contributed by atoms with Crippen molar-refractivity contribution >= 4 is 0 Å². The molecule has 2 heteroatoms. The van der Waals surface area contributed by atoms with Crippen molar-refractivity contribution in [2.75, 3.05) is 13.1 Å². The number of nitrogens with two attached hydrogens (primary N) is 1. The lowest BCUT2D eigenvalue weighted by Crippen LogP contribution is -2.58. The Morgan fingerprint density at radius 1 is 1.06 bits per heavy atom. The summed E-state index contributed by atoms with van der Waals surface area (Å²) in [6.07, 6.45) is 8.18. The van der Waals surface area contributed by atoms with Crippen molar-refractivity contribution < 1.29 is 0 Å². The van der Waals surface area contributed by atoms with E-state index < -0.39 is 0 Å². The maximum absolute atomic E-state index is 6.61. The number of hydrogen-bond acceptors (Lipinski definition) is 2. The van der Waals surface area contributed by atoms with Gasteiger partial charge in [-0.3, -0.25) is 4.90 Å². The van der Waals surface area contributed by atoms with Crippen LogP contribution in [0.3, 0.4) is 0 Å². The SMILES string of the molecule is CC1CCC(C(N)C(C)(C)N2CCCC2)CC1. The molecule has 1 saturated carbocycles. The van der Waals surface area contributed by atoms with Crippen molar-refractivity contribution in [1.82, 2.24) is 4.90 Å². The third kappa shape index (κ3) is 2.85. The minimum Gasteiger partial charge on any atom is -0.326 e. The largest absolute Gasteiger partial charge is 0.326 e. The van der Waals surface area contributed by atoms with E-state index in [-0.39, 0.29) is 5.54 Å². The van der Waals surface area contributed by atoms with E-state index in [9.17, 15) is 0 Å². The molecule has 0 aromatic heterocycles. The molecule has 0 amide bonds. The highest BCUT2D eigenvalue weighted by molar-refractivity contribution is 4.97. The van der Waals surface area contributed by atoms with Crippen LogP contribution in [0.5, 0.6) is 0 Å². The molecule has 0 bridgehead atoms. The maximum Gasteiger partial charge on any atom is 0.0306 e. The molecule has 1 aliphatic carbocycles. The van der Waals surface area contributed by atoms with Crippen LogP contribution in [0.4, 0.5) is 0 Å². The first-order valence-electron chi connectivity index (χ1n) is 7.52. The van der Waals surface area contributed by atoms with Gasteiger partial charge < -0.3 is 5.73 Å². The van der Waals surface area contributed by atoms with E-state index in [2.05, 4.69) is 25.7 Å². The van der Waals surface area contributed by atoms with Gasteiger partial charge in [-0.25, -0.2) is 0 Å². The second kappa shape index (κ2) is 5.27. The lowest BCUT2D eigenvalue weighted by Gasteiger charge is -2.45. The van der Waals surface area contributed by atoms with Crippen molar-refractivity contribution in [2.24, 2.45) is 17.6 Å². The Kier molecular flexibility index (Phi) is 4.14. The predicted molar refractivity (Wildman–Crippen MR) is 74.0 cm³/mol.